The zero-order valence-corrected chi connectivity index (χ0v) is 19.6. The highest BCUT2D eigenvalue weighted by Gasteiger charge is 2.15. The van der Waals surface area contributed by atoms with E-state index < -0.39 is 29.7 Å². The van der Waals surface area contributed by atoms with E-state index in [2.05, 4.69) is 15.6 Å². The predicted molar refractivity (Wildman–Crippen MR) is 126 cm³/mol. The van der Waals surface area contributed by atoms with Crippen molar-refractivity contribution in [3.63, 3.8) is 0 Å². The first-order valence-corrected chi connectivity index (χ1v) is 10.8. The van der Waals surface area contributed by atoms with Crippen molar-refractivity contribution in [1.82, 2.24) is 15.6 Å². The molecule has 0 bridgehead atoms. The Hall–Kier alpha value is -3.79. The van der Waals surface area contributed by atoms with Crippen LogP contribution in [0.5, 0.6) is 5.75 Å². The molecule has 34 heavy (non-hydrogen) atoms. The van der Waals surface area contributed by atoms with Gasteiger partial charge in [0.15, 0.2) is 0 Å². The maximum absolute atomic E-state index is 12.5. The summed E-state index contributed by atoms with van der Waals surface area (Å²) in [6, 6.07) is 7.74. The summed E-state index contributed by atoms with van der Waals surface area (Å²) in [4.78, 5) is 50.4. The molecule has 0 fully saturated rings. The van der Waals surface area contributed by atoms with E-state index in [1.807, 2.05) is 0 Å². The summed E-state index contributed by atoms with van der Waals surface area (Å²) >= 11 is 6.06. The number of aromatic nitrogens is 1. The normalized spacial score (nSPS) is 11.6. The number of nitrogens with two attached hydrogens (primary N) is 1. The van der Waals surface area contributed by atoms with Gasteiger partial charge in [0.1, 0.15) is 11.4 Å². The van der Waals surface area contributed by atoms with Gasteiger partial charge in [-0.1, -0.05) is 17.7 Å². The molecule has 0 aliphatic carbocycles. The van der Waals surface area contributed by atoms with Crippen LogP contribution >= 0.6 is 11.6 Å². The van der Waals surface area contributed by atoms with Crippen LogP contribution in [-0.2, 0) is 19.1 Å². The van der Waals surface area contributed by atoms with E-state index in [9.17, 15) is 19.2 Å². The van der Waals surface area contributed by atoms with Crippen molar-refractivity contribution in [2.75, 3.05) is 20.3 Å². The minimum atomic E-state index is -0.645. The Labute approximate surface area is 201 Å². The highest BCUT2D eigenvalue weighted by molar-refractivity contribution is 6.31. The van der Waals surface area contributed by atoms with Crippen molar-refractivity contribution in [2.24, 2.45) is 5.73 Å². The van der Waals surface area contributed by atoms with Gasteiger partial charge in [0.25, 0.3) is 5.91 Å². The molecule has 0 radical (unpaired) electrons. The number of carbonyl (C=O) groups is 4. The highest BCUT2D eigenvalue weighted by Crippen LogP contribution is 2.31. The van der Waals surface area contributed by atoms with Crippen molar-refractivity contribution in [1.29, 1.82) is 0 Å². The number of primary amides is 1. The highest BCUT2D eigenvalue weighted by atomic mass is 35.5. The van der Waals surface area contributed by atoms with Gasteiger partial charge in [0, 0.05) is 34.8 Å². The van der Waals surface area contributed by atoms with Gasteiger partial charge < -0.3 is 30.8 Å². The summed E-state index contributed by atoms with van der Waals surface area (Å²) in [5.74, 6) is -1.56. The van der Waals surface area contributed by atoms with E-state index in [1.54, 1.807) is 37.3 Å². The van der Waals surface area contributed by atoms with Crippen LogP contribution < -0.4 is 21.1 Å². The van der Waals surface area contributed by atoms with Crippen LogP contribution in [0.15, 0.2) is 42.5 Å². The van der Waals surface area contributed by atoms with Crippen LogP contribution in [0.4, 0.5) is 0 Å². The second-order valence-corrected chi connectivity index (χ2v) is 7.54. The monoisotopic (exact) mass is 490 g/mol. The number of carbonyl (C=O) groups excluding carboxylic acids is 4. The number of ether oxygens (including phenoxy) is 2. The first-order chi connectivity index (χ1) is 16.2. The quantitative estimate of drug-likeness (QED) is 0.263. The van der Waals surface area contributed by atoms with Crippen LogP contribution in [0.2, 0.25) is 5.02 Å². The molecule has 1 aromatic heterocycles. The van der Waals surface area contributed by atoms with E-state index in [1.165, 1.54) is 19.3 Å². The summed E-state index contributed by atoms with van der Waals surface area (Å²) in [5, 5.41) is 5.65. The van der Waals surface area contributed by atoms with Crippen LogP contribution in [0.25, 0.3) is 11.3 Å². The zero-order chi connectivity index (χ0) is 25.1. The third kappa shape index (κ3) is 8.28. The molecule has 1 aromatic carbocycles. The smallest absolute Gasteiger partial charge is 0.330 e. The van der Waals surface area contributed by atoms with Gasteiger partial charge in [-0.3, -0.25) is 14.4 Å². The molecule has 1 unspecified atom stereocenters. The predicted octanol–water partition coefficient (Wildman–Crippen LogP) is 1.94. The second kappa shape index (κ2) is 13.0. The lowest BCUT2D eigenvalue weighted by Crippen LogP contribution is -2.41. The third-order valence-electron chi connectivity index (χ3n) is 4.59. The van der Waals surface area contributed by atoms with Crippen LogP contribution in [0.3, 0.4) is 0 Å². The molecule has 2 rings (SSSR count). The lowest BCUT2D eigenvalue weighted by atomic mass is 10.1. The molecule has 0 aliphatic heterocycles. The largest absolute Gasteiger partial charge is 0.496 e. The van der Waals surface area contributed by atoms with E-state index in [0.29, 0.717) is 22.0 Å². The van der Waals surface area contributed by atoms with Crippen molar-refractivity contribution < 1.29 is 28.7 Å². The summed E-state index contributed by atoms with van der Waals surface area (Å²) < 4.78 is 10.1. The molecule has 1 atom stereocenters. The van der Waals surface area contributed by atoms with Gasteiger partial charge in [-0.2, -0.15) is 0 Å². The molecule has 10 nitrogen and oxygen atoms in total. The molecular weight excluding hydrogens is 464 g/mol. The number of rotatable bonds is 12. The number of H-pyrrole nitrogens is 1. The second-order valence-electron chi connectivity index (χ2n) is 7.10. The summed E-state index contributed by atoms with van der Waals surface area (Å²) in [7, 11) is 1.53. The lowest BCUT2D eigenvalue weighted by molar-refractivity contribution is -0.137. The van der Waals surface area contributed by atoms with E-state index in [0.717, 1.165) is 0 Å². The number of nitrogens with one attached hydrogen (secondary N) is 3. The van der Waals surface area contributed by atoms with Gasteiger partial charge in [-0.25, -0.2) is 4.79 Å². The van der Waals surface area contributed by atoms with Crippen LogP contribution in [-0.4, -0.2) is 55.0 Å². The van der Waals surface area contributed by atoms with Crippen molar-refractivity contribution in [2.45, 2.75) is 25.8 Å². The Balaban J connectivity index is 1.98. The van der Waals surface area contributed by atoms with Crippen LogP contribution in [0, 0.1) is 0 Å². The zero-order valence-electron chi connectivity index (χ0n) is 18.9. The molecule has 0 aliphatic rings. The van der Waals surface area contributed by atoms with Crippen LogP contribution in [0.1, 0.15) is 30.3 Å². The maximum Gasteiger partial charge on any atom is 0.330 e. The molecular formula is C23H27ClN4O6. The third-order valence-corrected chi connectivity index (χ3v) is 4.83. The number of hydrogen-bond acceptors (Lipinski definition) is 6. The van der Waals surface area contributed by atoms with Crippen molar-refractivity contribution >= 4 is 35.3 Å². The van der Waals surface area contributed by atoms with Crippen molar-refractivity contribution in [3.8, 4) is 17.0 Å². The molecule has 1 heterocycles. The van der Waals surface area contributed by atoms with Crippen molar-refractivity contribution in [3.05, 3.63) is 53.2 Å². The maximum atomic E-state index is 12.5. The number of methoxy groups -OCH3 is 1. The summed E-state index contributed by atoms with van der Waals surface area (Å²) in [5.41, 5.74) is 6.69. The molecule has 0 spiro atoms. The molecule has 3 amide bonds. The molecule has 182 valence electrons. The fourth-order valence-corrected chi connectivity index (χ4v) is 3.16. The Bertz CT molecular complexity index is 1070. The SMILES string of the molecule is CCOC(=O)/C=C/C(CCC(N)=O)NC(=O)CNC(=O)c1ccc(-c2cc(Cl)ccc2OC)[nH]1. The molecule has 5 N–H and O–H groups in total. The molecule has 0 saturated carbocycles. The number of hydrogen-bond donors (Lipinski definition) is 4. The van der Waals surface area contributed by atoms with E-state index >= 15 is 0 Å². The topological polar surface area (TPSA) is 153 Å². The minimum Gasteiger partial charge on any atom is -0.496 e. The minimum absolute atomic E-state index is 0.00267. The van der Waals surface area contributed by atoms with E-state index in [4.69, 9.17) is 26.8 Å². The molecule has 0 saturated heterocycles. The Morgan fingerprint density at radius 1 is 1.21 bits per heavy atom. The molecule has 11 heteroatoms. The molecule has 2 aromatic rings. The number of aromatic amines is 1. The van der Waals surface area contributed by atoms with Gasteiger partial charge in [0.2, 0.25) is 11.8 Å². The number of halogens is 1. The Morgan fingerprint density at radius 2 is 1.97 bits per heavy atom. The van der Waals surface area contributed by atoms with Gasteiger partial charge in [-0.05, 0) is 43.7 Å². The average Bonchev–Trinajstić information content (AvgIpc) is 3.29. The van der Waals surface area contributed by atoms with Gasteiger partial charge in [-0.15, -0.1) is 0 Å². The van der Waals surface area contributed by atoms with Gasteiger partial charge >= 0.3 is 5.97 Å². The summed E-state index contributed by atoms with van der Waals surface area (Å²) in [6.07, 6.45) is 2.77. The van der Waals surface area contributed by atoms with E-state index in [-0.39, 0.29) is 31.7 Å². The Kier molecular flexibility index (Phi) is 10.2. The number of benzene rings is 1. The summed E-state index contributed by atoms with van der Waals surface area (Å²) in [6.45, 7) is 1.55. The lowest BCUT2D eigenvalue weighted by Gasteiger charge is -2.14. The number of amides is 3. The number of esters is 1. The first kappa shape index (κ1) is 26.5. The fraction of sp³-hybridized carbons (Fsp3) is 0.304. The Morgan fingerprint density at radius 3 is 2.65 bits per heavy atom. The van der Waals surface area contributed by atoms with Gasteiger partial charge in [0.05, 0.1) is 20.3 Å². The first-order valence-electron chi connectivity index (χ1n) is 10.5. The standard InChI is InChI=1S/C23H27ClN4O6/c1-3-34-22(31)11-6-15(5-10-20(25)29)27-21(30)13-26-23(32)18-8-7-17(28-18)16-12-14(24)4-9-19(16)33-2/h4,6-9,11-12,15,28H,3,5,10,13H2,1-2H3,(H2,25,29)(H,26,32)(H,27,30)/b11-6+. The fourth-order valence-electron chi connectivity index (χ4n) is 2.99. The average molecular weight is 491 g/mol.